The highest BCUT2D eigenvalue weighted by molar-refractivity contribution is 8.27. The average molecular weight is 445 g/mol. The number of methoxy groups -OCH3 is 1. The number of non-ortho nitro benzene ring substituents is 1. The number of unbranched alkanes of at least 4 members (excludes halogenated alkanes) is 1. The minimum absolute atomic E-state index is 0.103. The van der Waals surface area contributed by atoms with E-state index in [1.54, 1.807) is 25.3 Å². The van der Waals surface area contributed by atoms with Gasteiger partial charge in [-0.1, -0.05) is 49.5 Å². The molecule has 2 aromatic rings. The molecule has 0 saturated carbocycles. The summed E-state index contributed by atoms with van der Waals surface area (Å²) in [5.41, 5.74) is 1.02. The molecule has 0 bridgehead atoms. The lowest BCUT2D eigenvalue weighted by Crippen LogP contribution is -2.27. The zero-order chi connectivity index (χ0) is 21.7. The molecule has 0 N–H and O–H groups in total. The number of ether oxygens (including phenoxy) is 2. The lowest BCUT2D eigenvalue weighted by molar-refractivity contribution is -0.384. The van der Waals surface area contributed by atoms with Crippen molar-refractivity contribution < 1.29 is 19.2 Å². The summed E-state index contributed by atoms with van der Waals surface area (Å²) in [4.78, 5) is 25.2. The number of carbonyl (C=O) groups excluding carboxylic acids is 1. The van der Waals surface area contributed by atoms with Crippen molar-refractivity contribution in [3.8, 4) is 11.5 Å². The van der Waals surface area contributed by atoms with Crippen LogP contribution in [0.2, 0.25) is 0 Å². The third kappa shape index (κ3) is 4.80. The average Bonchev–Trinajstić information content (AvgIpc) is 3.02. The van der Waals surface area contributed by atoms with E-state index < -0.39 is 4.92 Å². The second-order valence-electron chi connectivity index (χ2n) is 6.41. The van der Waals surface area contributed by atoms with E-state index >= 15 is 0 Å². The summed E-state index contributed by atoms with van der Waals surface area (Å²) >= 11 is 6.49. The van der Waals surface area contributed by atoms with E-state index in [2.05, 4.69) is 6.92 Å². The number of thiocarbonyl (C=S) groups is 1. The van der Waals surface area contributed by atoms with E-state index in [4.69, 9.17) is 21.7 Å². The Labute approximate surface area is 183 Å². The molecule has 2 aromatic carbocycles. The van der Waals surface area contributed by atoms with E-state index in [9.17, 15) is 14.9 Å². The number of carbonyl (C=O) groups is 1. The van der Waals surface area contributed by atoms with Crippen LogP contribution in [0.3, 0.4) is 0 Å². The summed E-state index contributed by atoms with van der Waals surface area (Å²) in [6, 6.07) is 11.3. The lowest BCUT2D eigenvalue weighted by atomic mass is 10.1. The smallest absolute Gasteiger partial charge is 0.271 e. The van der Waals surface area contributed by atoms with Gasteiger partial charge in [0.2, 0.25) is 0 Å². The first-order valence-corrected chi connectivity index (χ1v) is 10.5. The quantitative estimate of drug-likeness (QED) is 0.182. The van der Waals surface area contributed by atoms with Crippen molar-refractivity contribution in [2.24, 2.45) is 0 Å². The molecule has 1 saturated heterocycles. The number of nitro groups is 1. The van der Waals surface area contributed by atoms with Gasteiger partial charge in [-0.2, -0.15) is 0 Å². The molecule has 1 aliphatic heterocycles. The van der Waals surface area contributed by atoms with Gasteiger partial charge in [-0.05, 0) is 36.3 Å². The Kier molecular flexibility index (Phi) is 7.07. The molecule has 1 fully saturated rings. The van der Waals surface area contributed by atoms with Crippen molar-refractivity contribution in [3.63, 3.8) is 0 Å². The standard InChI is InChI=1S/C21H20N2O5S2/c1-3-4-10-28-17-9-8-14(11-18(17)27-2)12-19-20(24)22(21(29)30-19)15-6-5-7-16(13-15)23(25)26/h5-9,11-13H,3-4,10H2,1-2H3/b19-12+. The van der Waals surface area contributed by atoms with Gasteiger partial charge in [0.15, 0.2) is 15.8 Å². The van der Waals surface area contributed by atoms with Crippen LogP contribution in [-0.4, -0.2) is 28.9 Å². The number of hydrogen-bond donors (Lipinski definition) is 0. The fourth-order valence-electron chi connectivity index (χ4n) is 2.81. The largest absolute Gasteiger partial charge is 0.493 e. The van der Waals surface area contributed by atoms with Gasteiger partial charge < -0.3 is 9.47 Å². The third-order valence-corrected chi connectivity index (χ3v) is 5.64. The lowest BCUT2D eigenvalue weighted by Gasteiger charge is -2.14. The van der Waals surface area contributed by atoms with Crippen LogP contribution in [0.1, 0.15) is 25.3 Å². The van der Waals surface area contributed by atoms with Gasteiger partial charge in [0.25, 0.3) is 11.6 Å². The van der Waals surface area contributed by atoms with Crippen molar-refractivity contribution in [2.45, 2.75) is 19.8 Å². The fourth-order valence-corrected chi connectivity index (χ4v) is 4.11. The molecule has 0 radical (unpaired) electrons. The Morgan fingerprint density at radius 3 is 2.73 bits per heavy atom. The second-order valence-corrected chi connectivity index (χ2v) is 8.08. The normalized spacial score (nSPS) is 15.0. The summed E-state index contributed by atoms with van der Waals surface area (Å²) in [6.07, 6.45) is 3.70. The molecule has 0 spiro atoms. The fraction of sp³-hybridized carbons (Fsp3) is 0.238. The van der Waals surface area contributed by atoms with Gasteiger partial charge in [0.05, 0.1) is 29.2 Å². The summed E-state index contributed by atoms with van der Waals surface area (Å²) in [5, 5.41) is 11.0. The highest BCUT2D eigenvalue weighted by atomic mass is 32.2. The number of nitrogens with zero attached hydrogens (tertiary/aromatic N) is 2. The van der Waals surface area contributed by atoms with Gasteiger partial charge in [0.1, 0.15) is 0 Å². The minimum Gasteiger partial charge on any atom is -0.493 e. The van der Waals surface area contributed by atoms with Gasteiger partial charge in [-0.15, -0.1) is 0 Å². The van der Waals surface area contributed by atoms with Crippen LogP contribution < -0.4 is 14.4 Å². The van der Waals surface area contributed by atoms with Crippen molar-refractivity contribution >= 4 is 51.7 Å². The first-order chi connectivity index (χ1) is 14.4. The molecule has 1 amide bonds. The Bertz CT molecular complexity index is 1020. The maximum absolute atomic E-state index is 12.9. The number of anilines is 1. The SMILES string of the molecule is CCCCOc1ccc(/C=C2/SC(=S)N(c3cccc([N+](=O)[O-])c3)C2=O)cc1OC. The van der Waals surface area contributed by atoms with Crippen molar-refractivity contribution in [3.05, 3.63) is 63.0 Å². The molecule has 9 heteroatoms. The number of nitro benzene ring substituents is 1. The summed E-state index contributed by atoms with van der Waals surface area (Å²) in [7, 11) is 1.56. The molecule has 1 heterocycles. The number of benzene rings is 2. The van der Waals surface area contributed by atoms with E-state index in [0.29, 0.717) is 33.0 Å². The predicted octanol–water partition coefficient (Wildman–Crippen LogP) is 5.19. The third-order valence-electron chi connectivity index (χ3n) is 4.33. The highest BCUT2D eigenvalue weighted by Gasteiger charge is 2.34. The predicted molar refractivity (Wildman–Crippen MR) is 122 cm³/mol. The van der Waals surface area contributed by atoms with Crippen LogP contribution in [-0.2, 0) is 4.79 Å². The zero-order valence-electron chi connectivity index (χ0n) is 16.5. The molecule has 1 aliphatic rings. The van der Waals surface area contributed by atoms with Gasteiger partial charge >= 0.3 is 0 Å². The molecule has 156 valence electrons. The van der Waals surface area contributed by atoms with Crippen molar-refractivity contribution in [1.29, 1.82) is 0 Å². The van der Waals surface area contributed by atoms with Crippen LogP contribution in [0.5, 0.6) is 11.5 Å². The van der Waals surface area contributed by atoms with Crippen molar-refractivity contribution in [2.75, 3.05) is 18.6 Å². The first-order valence-electron chi connectivity index (χ1n) is 9.28. The van der Waals surface area contributed by atoms with Crippen LogP contribution in [0, 0.1) is 10.1 Å². The molecule has 0 aromatic heterocycles. The molecule has 3 rings (SSSR count). The van der Waals surface area contributed by atoms with Gasteiger partial charge in [-0.3, -0.25) is 19.8 Å². The second kappa shape index (κ2) is 9.73. The van der Waals surface area contributed by atoms with E-state index in [0.717, 1.165) is 30.2 Å². The monoisotopic (exact) mass is 444 g/mol. The maximum atomic E-state index is 12.9. The zero-order valence-corrected chi connectivity index (χ0v) is 18.1. The molecule has 0 atom stereocenters. The molecular weight excluding hydrogens is 424 g/mol. The number of amides is 1. The molecule has 30 heavy (non-hydrogen) atoms. The number of hydrogen-bond acceptors (Lipinski definition) is 7. The summed E-state index contributed by atoms with van der Waals surface area (Å²) in [5.74, 6) is 0.897. The molecule has 0 unspecified atom stereocenters. The van der Waals surface area contributed by atoms with E-state index in [1.807, 2.05) is 12.1 Å². The number of thioether (sulfide) groups is 1. The number of rotatable bonds is 8. The van der Waals surface area contributed by atoms with Crippen LogP contribution in [0.15, 0.2) is 47.4 Å². The molecule has 0 aliphatic carbocycles. The Hall–Kier alpha value is -2.91. The topological polar surface area (TPSA) is 81.9 Å². The Balaban J connectivity index is 1.85. The van der Waals surface area contributed by atoms with Gasteiger partial charge in [0, 0.05) is 12.1 Å². The Morgan fingerprint density at radius 2 is 2.03 bits per heavy atom. The van der Waals surface area contributed by atoms with Crippen molar-refractivity contribution in [1.82, 2.24) is 0 Å². The first kappa shape index (κ1) is 21.8. The van der Waals surface area contributed by atoms with Crippen LogP contribution in [0.4, 0.5) is 11.4 Å². The van der Waals surface area contributed by atoms with Gasteiger partial charge in [-0.25, -0.2) is 0 Å². The van der Waals surface area contributed by atoms with Crippen LogP contribution >= 0.6 is 24.0 Å². The van der Waals surface area contributed by atoms with E-state index in [1.165, 1.54) is 23.1 Å². The minimum atomic E-state index is -0.507. The maximum Gasteiger partial charge on any atom is 0.271 e. The van der Waals surface area contributed by atoms with E-state index in [-0.39, 0.29) is 11.6 Å². The summed E-state index contributed by atoms with van der Waals surface area (Å²) in [6.45, 7) is 2.70. The Morgan fingerprint density at radius 1 is 1.23 bits per heavy atom. The summed E-state index contributed by atoms with van der Waals surface area (Å²) < 4.78 is 11.5. The molecule has 7 nitrogen and oxygen atoms in total. The highest BCUT2D eigenvalue weighted by Crippen LogP contribution is 2.38. The van der Waals surface area contributed by atoms with Crippen LogP contribution in [0.25, 0.3) is 6.08 Å². The molecular formula is C21H20N2O5S2.